The molecule has 1 aliphatic heterocycles. The van der Waals surface area contributed by atoms with Crippen LogP contribution in [-0.2, 0) is 17.7 Å². The van der Waals surface area contributed by atoms with E-state index < -0.39 is 0 Å². The van der Waals surface area contributed by atoms with Crippen molar-refractivity contribution in [2.45, 2.75) is 71.3 Å². The first kappa shape index (κ1) is 18.5. The van der Waals surface area contributed by atoms with E-state index in [1.54, 1.807) is 0 Å². The normalized spacial score (nSPS) is 14.8. The van der Waals surface area contributed by atoms with E-state index in [1.165, 1.54) is 75.5 Å². The van der Waals surface area contributed by atoms with Gasteiger partial charge in [-0.15, -0.1) is 0 Å². The van der Waals surface area contributed by atoms with Crippen molar-refractivity contribution in [2.24, 2.45) is 0 Å². The Hall–Kier alpha value is -0.860. The molecule has 0 saturated heterocycles. The summed E-state index contributed by atoms with van der Waals surface area (Å²) in [6.45, 7) is 7.46. The van der Waals surface area contributed by atoms with Crippen molar-refractivity contribution in [1.29, 1.82) is 0 Å². The summed E-state index contributed by atoms with van der Waals surface area (Å²) in [6.07, 6.45) is 12.1. The molecule has 0 unspecified atom stereocenters. The van der Waals surface area contributed by atoms with E-state index in [1.807, 2.05) is 0 Å². The Balaban J connectivity index is 1.41. The lowest BCUT2D eigenvalue weighted by atomic mass is 10.0. The lowest BCUT2D eigenvalue weighted by molar-refractivity contribution is 0.0963. The Labute approximate surface area is 143 Å². The highest BCUT2D eigenvalue weighted by Crippen LogP contribution is 2.17. The molecule has 0 N–H and O–H groups in total. The summed E-state index contributed by atoms with van der Waals surface area (Å²) in [7, 11) is 0. The van der Waals surface area contributed by atoms with Crippen LogP contribution in [0.4, 0.5) is 0 Å². The lowest BCUT2D eigenvalue weighted by Gasteiger charge is -2.28. The Kier molecular flexibility index (Phi) is 9.35. The second-order valence-corrected chi connectivity index (χ2v) is 6.88. The number of unbranched alkanes of at least 4 members (excludes halogenated alkanes) is 7. The van der Waals surface area contributed by atoms with Gasteiger partial charge in [0.1, 0.15) is 0 Å². The lowest BCUT2D eigenvalue weighted by Crippen LogP contribution is -2.33. The predicted molar refractivity (Wildman–Crippen MR) is 98.9 cm³/mol. The van der Waals surface area contributed by atoms with Crippen LogP contribution >= 0.6 is 0 Å². The fourth-order valence-corrected chi connectivity index (χ4v) is 3.38. The largest absolute Gasteiger partial charge is 0.380 e. The van der Waals surface area contributed by atoms with Gasteiger partial charge in [-0.05, 0) is 24.0 Å². The topological polar surface area (TPSA) is 12.5 Å². The number of hydrogen-bond donors (Lipinski definition) is 0. The molecule has 0 bridgehead atoms. The van der Waals surface area contributed by atoms with Gasteiger partial charge >= 0.3 is 0 Å². The van der Waals surface area contributed by atoms with Crippen molar-refractivity contribution < 1.29 is 4.74 Å². The average Bonchev–Trinajstić information content (AvgIpc) is 2.59. The molecular formula is C21H35NO. The Bertz CT molecular complexity index is 418. The first-order chi connectivity index (χ1) is 11.4. The maximum Gasteiger partial charge on any atom is 0.0593 e. The summed E-state index contributed by atoms with van der Waals surface area (Å²) in [5, 5.41) is 0. The Morgan fingerprint density at radius 1 is 0.870 bits per heavy atom. The van der Waals surface area contributed by atoms with Crippen LogP contribution in [0.1, 0.15) is 69.4 Å². The number of nitrogens with zero attached hydrogens (tertiary/aromatic N) is 1. The molecule has 0 saturated carbocycles. The standard InChI is InChI=1S/C21H35NO/c1-2-3-4-5-6-7-8-11-17-23-18-16-22-15-14-20-12-9-10-13-21(20)19-22/h9-10,12-13H,2-8,11,14-19H2,1H3. The molecule has 2 nitrogen and oxygen atoms in total. The number of hydrogen-bond acceptors (Lipinski definition) is 2. The summed E-state index contributed by atoms with van der Waals surface area (Å²) in [5.74, 6) is 0. The van der Waals surface area contributed by atoms with Gasteiger partial charge < -0.3 is 4.74 Å². The first-order valence-corrected chi connectivity index (χ1v) is 9.77. The fourth-order valence-electron chi connectivity index (χ4n) is 3.38. The molecule has 2 heteroatoms. The third-order valence-corrected chi connectivity index (χ3v) is 4.90. The van der Waals surface area contributed by atoms with Crippen molar-refractivity contribution in [3.05, 3.63) is 35.4 Å². The molecule has 0 aliphatic carbocycles. The van der Waals surface area contributed by atoms with Gasteiger partial charge in [0.25, 0.3) is 0 Å². The van der Waals surface area contributed by atoms with Crippen LogP contribution in [0.5, 0.6) is 0 Å². The number of ether oxygens (including phenoxy) is 1. The predicted octanol–water partition coefficient (Wildman–Crippen LogP) is 5.20. The second-order valence-electron chi connectivity index (χ2n) is 6.88. The zero-order valence-electron chi connectivity index (χ0n) is 15.1. The molecule has 1 aliphatic rings. The van der Waals surface area contributed by atoms with E-state index in [0.29, 0.717) is 0 Å². The average molecular weight is 318 g/mol. The molecule has 1 aromatic carbocycles. The van der Waals surface area contributed by atoms with Crippen LogP contribution in [0.3, 0.4) is 0 Å². The molecule has 130 valence electrons. The maximum atomic E-state index is 5.83. The highest BCUT2D eigenvalue weighted by Gasteiger charge is 2.14. The molecule has 23 heavy (non-hydrogen) atoms. The number of benzene rings is 1. The molecule has 2 rings (SSSR count). The quantitative estimate of drug-likeness (QED) is 0.491. The van der Waals surface area contributed by atoms with E-state index in [0.717, 1.165) is 26.3 Å². The van der Waals surface area contributed by atoms with E-state index in [4.69, 9.17) is 4.74 Å². The summed E-state index contributed by atoms with van der Waals surface area (Å²) < 4.78 is 5.83. The van der Waals surface area contributed by atoms with Crippen molar-refractivity contribution >= 4 is 0 Å². The molecule has 0 aromatic heterocycles. The fraction of sp³-hybridized carbons (Fsp3) is 0.714. The van der Waals surface area contributed by atoms with Gasteiger partial charge in [-0.25, -0.2) is 0 Å². The molecule has 1 aromatic rings. The second kappa shape index (κ2) is 11.6. The zero-order chi connectivity index (χ0) is 16.2. The van der Waals surface area contributed by atoms with Gasteiger partial charge in [-0.1, -0.05) is 76.1 Å². The van der Waals surface area contributed by atoms with Gasteiger partial charge in [-0.3, -0.25) is 4.90 Å². The van der Waals surface area contributed by atoms with Crippen LogP contribution < -0.4 is 0 Å². The molecule has 0 radical (unpaired) electrons. The molecular weight excluding hydrogens is 282 g/mol. The Morgan fingerprint density at radius 2 is 1.57 bits per heavy atom. The maximum absolute atomic E-state index is 5.83. The van der Waals surface area contributed by atoms with Gasteiger partial charge in [0, 0.05) is 26.2 Å². The van der Waals surface area contributed by atoms with E-state index >= 15 is 0 Å². The number of fused-ring (bicyclic) bond motifs is 1. The molecule has 0 spiro atoms. The van der Waals surface area contributed by atoms with E-state index in [2.05, 4.69) is 36.1 Å². The first-order valence-electron chi connectivity index (χ1n) is 9.77. The van der Waals surface area contributed by atoms with E-state index in [-0.39, 0.29) is 0 Å². The van der Waals surface area contributed by atoms with Gasteiger partial charge in [0.05, 0.1) is 6.61 Å². The minimum atomic E-state index is 0.888. The Morgan fingerprint density at radius 3 is 2.35 bits per heavy atom. The highest BCUT2D eigenvalue weighted by atomic mass is 16.5. The smallest absolute Gasteiger partial charge is 0.0593 e. The van der Waals surface area contributed by atoms with Crippen LogP contribution in [-0.4, -0.2) is 31.2 Å². The number of rotatable bonds is 12. The third kappa shape index (κ3) is 7.50. The van der Waals surface area contributed by atoms with Crippen LogP contribution in [0, 0.1) is 0 Å². The summed E-state index contributed by atoms with van der Waals surface area (Å²) in [6, 6.07) is 8.84. The molecule has 0 amide bonds. The van der Waals surface area contributed by atoms with E-state index in [9.17, 15) is 0 Å². The minimum Gasteiger partial charge on any atom is -0.380 e. The van der Waals surface area contributed by atoms with Gasteiger partial charge in [-0.2, -0.15) is 0 Å². The van der Waals surface area contributed by atoms with Gasteiger partial charge in [0.15, 0.2) is 0 Å². The van der Waals surface area contributed by atoms with Crippen molar-refractivity contribution in [1.82, 2.24) is 4.90 Å². The monoisotopic (exact) mass is 317 g/mol. The SMILES string of the molecule is CCCCCCCCCCOCCN1CCc2ccccc2C1. The molecule has 1 heterocycles. The summed E-state index contributed by atoms with van der Waals surface area (Å²) in [4.78, 5) is 2.52. The summed E-state index contributed by atoms with van der Waals surface area (Å²) >= 11 is 0. The van der Waals surface area contributed by atoms with Crippen LogP contribution in [0.15, 0.2) is 24.3 Å². The summed E-state index contributed by atoms with van der Waals surface area (Å²) in [5.41, 5.74) is 3.03. The molecule has 0 fully saturated rings. The van der Waals surface area contributed by atoms with Crippen molar-refractivity contribution in [3.8, 4) is 0 Å². The van der Waals surface area contributed by atoms with Crippen molar-refractivity contribution in [2.75, 3.05) is 26.3 Å². The minimum absolute atomic E-state index is 0.888. The molecule has 0 atom stereocenters. The third-order valence-electron chi connectivity index (χ3n) is 4.90. The van der Waals surface area contributed by atoms with Gasteiger partial charge in [0.2, 0.25) is 0 Å². The highest BCUT2D eigenvalue weighted by molar-refractivity contribution is 5.28. The zero-order valence-corrected chi connectivity index (χ0v) is 15.1. The van der Waals surface area contributed by atoms with Crippen LogP contribution in [0.2, 0.25) is 0 Å². The van der Waals surface area contributed by atoms with Crippen molar-refractivity contribution in [3.63, 3.8) is 0 Å². The van der Waals surface area contributed by atoms with Crippen LogP contribution in [0.25, 0.3) is 0 Å².